The number of phenols is 1. The molecular weight excluding hydrogens is 528 g/mol. The summed E-state index contributed by atoms with van der Waals surface area (Å²) in [6.07, 6.45) is -0.227. The van der Waals surface area contributed by atoms with Crippen molar-refractivity contribution in [2.45, 2.75) is 17.7 Å². The largest absolute Gasteiger partial charge is 0.507 e. The molecule has 5 rings (SSSR count). The predicted octanol–water partition coefficient (Wildman–Crippen LogP) is 0.489. The number of amides is 1. The number of primary amides is 1. The number of ketones is 4. The standard InChI is InChI=1S/C28H25ClN2O8/c1-31(2)21-20-23(34)17-13(10-11-6-3-4-8-14(11)29)12-7-5-9-15(32)16(12)22(33)18(17)25(36)28(20,39)26(37)19(24(21)35)27(30)38/h3-10,17-21,23,32,34,39H,1-2H3,(H2,30,38). The molecule has 2 aromatic rings. The lowest BCUT2D eigenvalue weighted by Crippen LogP contribution is -2.77. The van der Waals surface area contributed by atoms with E-state index in [0.29, 0.717) is 10.6 Å². The number of hydrogen-bond donors (Lipinski definition) is 4. The van der Waals surface area contributed by atoms with Gasteiger partial charge in [0.25, 0.3) is 0 Å². The zero-order chi connectivity index (χ0) is 28.5. The van der Waals surface area contributed by atoms with Crippen LogP contribution in [0.25, 0.3) is 11.6 Å². The molecule has 202 valence electrons. The first-order valence-electron chi connectivity index (χ1n) is 12.1. The first-order chi connectivity index (χ1) is 18.3. The van der Waals surface area contributed by atoms with Crippen molar-refractivity contribution >= 4 is 52.3 Å². The van der Waals surface area contributed by atoms with E-state index in [-0.39, 0.29) is 16.7 Å². The molecule has 2 aromatic carbocycles. The van der Waals surface area contributed by atoms with Crippen molar-refractivity contribution in [3.8, 4) is 5.75 Å². The average molecular weight is 553 g/mol. The fourth-order valence-electron chi connectivity index (χ4n) is 6.43. The molecule has 0 heterocycles. The summed E-state index contributed by atoms with van der Waals surface area (Å²) in [6.45, 7) is 0. The number of phenolic OH excluding ortho intramolecular Hbond substituents is 1. The lowest BCUT2D eigenvalue weighted by atomic mass is 9.50. The van der Waals surface area contributed by atoms with Gasteiger partial charge in [-0.1, -0.05) is 41.9 Å². The molecule has 0 aromatic heterocycles. The van der Waals surface area contributed by atoms with E-state index >= 15 is 0 Å². The van der Waals surface area contributed by atoms with E-state index < -0.39 is 76.2 Å². The second kappa shape index (κ2) is 9.20. The highest BCUT2D eigenvalue weighted by atomic mass is 35.5. The summed E-state index contributed by atoms with van der Waals surface area (Å²) < 4.78 is 0. The first kappa shape index (κ1) is 26.9. The van der Waals surface area contributed by atoms with Crippen LogP contribution < -0.4 is 5.73 Å². The van der Waals surface area contributed by atoms with Crippen molar-refractivity contribution in [3.63, 3.8) is 0 Å². The summed E-state index contributed by atoms with van der Waals surface area (Å²) in [6, 6.07) is 9.51. The van der Waals surface area contributed by atoms with Crippen LogP contribution in [0, 0.1) is 23.7 Å². The number of rotatable bonds is 3. The summed E-state index contributed by atoms with van der Waals surface area (Å²) in [5.74, 6) is -13.4. The van der Waals surface area contributed by atoms with Crippen LogP contribution in [0.4, 0.5) is 0 Å². The topological polar surface area (TPSA) is 175 Å². The summed E-state index contributed by atoms with van der Waals surface area (Å²) in [4.78, 5) is 68.1. The maximum Gasteiger partial charge on any atom is 0.235 e. The van der Waals surface area contributed by atoms with Gasteiger partial charge in [-0.3, -0.25) is 28.9 Å². The maximum absolute atomic E-state index is 14.1. The van der Waals surface area contributed by atoms with Crippen molar-refractivity contribution in [1.29, 1.82) is 0 Å². The highest BCUT2D eigenvalue weighted by Crippen LogP contribution is 2.54. The monoisotopic (exact) mass is 552 g/mol. The third-order valence-electron chi connectivity index (χ3n) is 8.09. The van der Waals surface area contributed by atoms with E-state index in [4.69, 9.17) is 17.3 Å². The van der Waals surface area contributed by atoms with Gasteiger partial charge in [0.2, 0.25) is 5.91 Å². The number of nitrogens with zero attached hydrogens (tertiary/aromatic N) is 1. The summed E-state index contributed by atoms with van der Waals surface area (Å²) in [7, 11) is 2.86. The molecule has 0 spiro atoms. The molecule has 11 heteroatoms. The number of likely N-dealkylation sites (N-methyl/N-ethyl adjacent to an activating group) is 1. The van der Waals surface area contributed by atoms with Gasteiger partial charge in [0.1, 0.15) is 5.75 Å². The Kier molecular flexibility index (Phi) is 6.34. The predicted molar refractivity (Wildman–Crippen MR) is 138 cm³/mol. The Bertz CT molecular complexity index is 1500. The number of aromatic hydroxyl groups is 1. The number of carbonyl (C=O) groups excluding carboxylic acids is 5. The first-order valence-corrected chi connectivity index (χ1v) is 12.5. The highest BCUT2D eigenvalue weighted by molar-refractivity contribution is 6.34. The number of carbonyl (C=O) groups is 5. The summed E-state index contributed by atoms with van der Waals surface area (Å²) >= 11 is 6.38. The fraction of sp³-hybridized carbons (Fsp3) is 0.321. The molecule has 39 heavy (non-hydrogen) atoms. The Labute approximate surface area is 227 Å². The molecule has 0 radical (unpaired) electrons. The van der Waals surface area contributed by atoms with Crippen LogP contribution in [0.1, 0.15) is 21.5 Å². The van der Waals surface area contributed by atoms with Crippen LogP contribution in [-0.4, -0.2) is 81.1 Å². The number of benzene rings is 2. The minimum absolute atomic E-state index is 0.225. The number of halogens is 1. The van der Waals surface area contributed by atoms with Gasteiger partial charge >= 0.3 is 0 Å². The van der Waals surface area contributed by atoms with Gasteiger partial charge in [0, 0.05) is 10.9 Å². The quantitative estimate of drug-likeness (QED) is 0.395. The summed E-state index contributed by atoms with van der Waals surface area (Å²) in [5, 5.41) is 34.5. The number of nitrogens with two attached hydrogens (primary N) is 1. The third-order valence-corrected chi connectivity index (χ3v) is 8.43. The molecule has 1 amide bonds. The molecule has 5 N–H and O–H groups in total. The van der Waals surface area contributed by atoms with Crippen molar-refractivity contribution in [3.05, 3.63) is 64.2 Å². The van der Waals surface area contributed by atoms with Crippen molar-refractivity contribution < 1.29 is 39.3 Å². The van der Waals surface area contributed by atoms with Gasteiger partial charge in [-0.05, 0) is 49.0 Å². The van der Waals surface area contributed by atoms with Crippen LogP contribution in [0.15, 0.2) is 42.5 Å². The minimum atomic E-state index is -3.07. The van der Waals surface area contributed by atoms with Gasteiger partial charge in [0.05, 0.1) is 29.5 Å². The van der Waals surface area contributed by atoms with Gasteiger partial charge in [-0.25, -0.2) is 0 Å². The van der Waals surface area contributed by atoms with E-state index in [9.17, 15) is 39.3 Å². The molecule has 0 saturated heterocycles. The van der Waals surface area contributed by atoms with E-state index in [0.717, 1.165) is 0 Å². The zero-order valence-corrected chi connectivity index (χ0v) is 21.6. The summed E-state index contributed by atoms with van der Waals surface area (Å²) in [5.41, 5.74) is 2.98. The number of aliphatic hydroxyl groups excluding tert-OH is 1. The lowest BCUT2D eigenvalue weighted by molar-refractivity contribution is -0.192. The van der Waals surface area contributed by atoms with Gasteiger partial charge < -0.3 is 21.1 Å². The number of aliphatic hydroxyl groups is 2. The smallest absolute Gasteiger partial charge is 0.235 e. The van der Waals surface area contributed by atoms with Gasteiger partial charge in [-0.15, -0.1) is 0 Å². The van der Waals surface area contributed by atoms with Crippen LogP contribution in [0.2, 0.25) is 5.02 Å². The van der Waals surface area contributed by atoms with Crippen LogP contribution >= 0.6 is 11.6 Å². The Hall–Kier alpha value is -3.70. The van der Waals surface area contributed by atoms with Crippen molar-refractivity contribution in [2.24, 2.45) is 29.4 Å². The van der Waals surface area contributed by atoms with Crippen LogP contribution in [0.3, 0.4) is 0 Å². The SMILES string of the molecule is CN(C)C1C(=O)C(C(N)=O)C(=O)C2(O)C(=O)C3C(=O)c4c(O)cccc4C(=Cc4ccccc4Cl)C3C(O)C12. The number of hydrogen-bond acceptors (Lipinski definition) is 9. The van der Waals surface area contributed by atoms with E-state index in [1.165, 1.54) is 37.2 Å². The molecular formula is C28H25ClN2O8. The van der Waals surface area contributed by atoms with E-state index in [2.05, 4.69) is 0 Å². The second-order valence-corrected chi connectivity index (χ2v) is 10.8. The van der Waals surface area contributed by atoms with Crippen molar-refractivity contribution in [2.75, 3.05) is 14.1 Å². The Morgan fingerprint density at radius 1 is 1.05 bits per heavy atom. The van der Waals surface area contributed by atoms with Gasteiger partial charge in [-0.2, -0.15) is 0 Å². The van der Waals surface area contributed by atoms with Gasteiger partial charge in [0.15, 0.2) is 34.7 Å². The number of fused-ring (bicyclic) bond motifs is 3. The Morgan fingerprint density at radius 3 is 2.33 bits per heavy atom. The number of Topliss-reactive ketones (excluding diaryl/α,β-unsaturated/α-hetero) is 4. The molecule has 3 aliphatic carbocycles. The molecule has 2 saturated carbocycles. The molecule has 3 aliphatic rings. The molecule has 7 atom stereocenters. The minimum Gasteiger partial charge on any atom is -0.507 e. The van der Waals surface area contributed by atoms with Crippen LogP contribution in [0.5, 0.6) is 5.75 Å². The molecule has 7 unspecified atom stereocenters. The van der Waals surface area contributed by atoms with Crippen LogP contribution in [-0.2, 0) is 19.2 Å². The molecule has 0 aliphatic heterocycles. The highest BCUT2D eigenvalue weighted by Gasteiger charge is 2.72. The maximum atomic E-state index is 14.1. The lowest BCUT2D eigenvalue weighted by Gasteiger charge is -2.55. The second-order valence-electron chi connectivity index (χ2n) is 10.3. The molecule has 10 nitrogen and oxygen atoms in total. The van der Waals surface area contributed by atoms with Crippen molar-refractivity contribution in [1.82, 2.24) is 4.90 Å². The normalized spacial score (nSPS) is 33.1. The van der Waals surface area contributed by atoms with E-state index in [1.54, 1.807) is 30.3 Å². The Morgan fingerprint density at radius 2 is 1.72 bits per heavy atom. The fourth-order valence-corrected chi connectivity index (χ4v) is 6.62. The molecule has 2 fully saturated rings. The molecule has 0 bridgehead atoms. The average Bonchev–Trinajstić information content (AvgIpc) is 2.86. The van der Waals surface area contributed by atoms with E-state index in [1.807, 2.05) is 0 Å². The third kappa shape index (κ3) is 3.63. The Balaban J connectivity index is 1.81. The zero-order valence-electron chi connectivity index (χ0n) is 20.9.